The molecule has 0 aliphatic carbocycles. The lowest BCUT2D eigenvalue weighted by Crippen LogP contribution is -2.29. The monoisotopic (exact) mass is 477 g/mol. The molecular formula is C21H18F3N5O5. The second kappa shape index (κ2) is 9.60. The van der Waals surface area contributed by atoms with Gasteiger partial charge in [-0.05, 0) is 50.2 Å². The lowest BCUT2D eigenvalue weighted by atomic mass is 10.1. The van der Waals surface area contributed by atoms with Crippen molar-refractivity contribution in [2.24, 2.45) is 0 Å². The summed E-state index contributed by atoms with van der Waals surface area (Å²) in [6.07, 6.45) is -3.38. The van der Waals surface area contributed by atoms with Crippen molar-refractivity contribution < 1.29 is 32.4 Å². The fourth-order valence-corrected chi connectivity index (χ4v) is 2.99. The standard InChI is InChI=1S/C21H18F3N5O5/c1-3-34-20(31)16-11-25-28(12(16)2)15-7-4-13(5-8-15)19(30)27-26-17-9-6-14(21(22,23)24)10-18(17)29(32)33/h4-11,26H,3H2,1-2H3,(H,27,30). The highest BCUT2D eigenvalue weighted by atomic mass is 19.4. The van der Waals surface area contributed by atoms with Crippen LogP contribution in [0.3, 0.4) is 0 Å². The molecule has 3 rings (SSSR count). The number of aromatic nitrogens is 2. The number of hydrazine groups is 1. The van der Waals surface area contributed by atoms with E-state index >= 15 is 0 Å². The van der Waals surface area contributed by atoms with Crippen molar-refractivity contribution in [3.63, 3.8) is 0 Å². The Bertz CT molecular complexity index is 1240. The number of nitro groups is 1. The van der Waals surface area contributed by atoms with E-state index in [1.807, 2.05) is 0 Å². The maximum atomic E-state index is 12.8. The van der Waals surface area contributed by atoms with Gasteiger partial charge in [0.15, 0.2) is 0 Å². The molecular weight excluding hydrogens is 459 g/mol. The van der Waals surface area contributed by atoms with Crippen LogP contribution in [0.25, 0.3) is 5.69 Å². The Hall–Kier alpha value is -4.42. The zero-order valence-corrected chi connectivity index (χ0v) is 17.8. The number of nitrogens with zero attached hydrogens (tertiary/aromatic N) is 3. The molecule has 0 saturated carbocycles. The highest BCUT2D eigenvalue weighted by Gasteiger charge is 2.33. The minimum absolute atomic E-state index is 0.154. The number of alkyl halides is 3. The Balaban J connectivity index is 1.73. The zero-order chi connectivity index (χ0) is 25.0. The number of nitrogens with one attached hydrogen (secondary N) is 2. The second-order valence-corrected chi connectivity index (χ2v) is 6.89. The number of amides is 1. The molecule has 3 aromatic rings. The summed E-state index contributed by atoms with van der Waals surface area (Å²) in [5.74, 6) is -1.20. The van der Waals surface area contributed by atoms with Crippen LogP contribution < -0.4 is 10.9 Å². The van der Waals surface area contributed by atoms with Gasteiger partial charge in [-0.1, -0.05) is 0 Å². The molecule has 1 heterocycles. The van der Waals surface area contributed by atoms with E-state index in [9.17, 15) is 32.9 Å². The molecule has 1 aromatic heterocycles. The third kappa shape index (κ3) is 5.14. The molecule has 0 radical (unpaired) electrons. The summed E-state index contributed by atoms with van der Waals surface area (Å²) in [5.41, 5.74) is 3.67. The first-order valence-corrected chi connectivity index (χ1v) is 9.77. The molecule has 0 aliphatic heterocycles. The maximum Gasteiger partial charge on any atom is 0.416 e. The summed E-state index contributed by atoms with van der Waals surface area (Å²) in [7, 11) is 0. The van der Waals surface area contributed by atoms with Gasteiger partial charge in [-0.25, -0.2) is 9.48 Å². The molecule has 10 nitrogen and oxygen atoms in total. The number of benzene rings is 2. The normalized spacial score (nSPS) is 11.1. The molecule has 0 atom stereocenters. The van der Waals surface area contributed by atoms with Gasteiger partial charge < -0.3 is 4.74 Å². The Labute approximate surface area is 190 Å². The number of nitro benzene ring substituents is 1. The van der Waals surface area contributed by atoms with E-state index in [0.29, 0.717) is 29.1 Å². The van der Waals surface area contributed by atoms with Crippen molar-refractivity contribution in [3.05, 3.63) is 81.2 Å². The Morgan fingerprint density at radius 2 is 1.85 bits per heavy atom. The number of ether oxygens (including phenoxy) is 1. The van der Waals surface area contributed by atoms with E-state index in [2.05, 4.69) is 16.0 Å². The van der Waals surface area contributed by atoms with Crippen LogP contribution in [0.15, 0.2) is 48.7 Å². The van der Waals surface area contributed by atoms with Crippen molar-refractivity contribution in [2.75, 3.05) is 12.0 Å². The molecule has 0 bridgehead atoms. The quantitative estimate of drug-likeness (QED) is 0.299. The summed E-state index contributed by atoms with van der Waals surface area (Å²) in [5, 5.41) is 15.3. The van der Waals surface area contributed by atoms with Crippen LogP contribution in [0.1, 0.15) is 38.9 Å². The number of halogens is 3. The second-order valence-electron chi connectivity index (χ2n) is 6.89. The van der Waals surface area contributed by atoms with Crippen LogP contribution in [0.4, 0.5) is 24.5 Å². The number of carbonyl (C=O) groups excluding carboxylic acids is 2. The molecule has 0 saturated heterocycles. The largest absolute Gasteiger partial charge is 0.462 e. The highest BCUT2D eigenvalue weighted by Crippen LogP contribution is 2.34. The molecule has 1 amide bonds. The number of carbonyl (C=O) groups is 2. The summed E-state index contributed by atoms with van der Waals surface area (Å²) in [6.45, 7) is 3.59. The minimum atomic E-state index is -4.75. The number of hydrogen-bond donors (Lipinski definition) is 2. The molecule has 0 unspecified atom stereocenters. The Morgan fingerprint density at radius 3 is 2.44 bits per heavy atom. The third-order valence-electron chi connectivity index (χ3n) is 4.71. The molecule has 0 spiro atoms. The molecule has 13 heteroatoms. The first-order valence-electron chi connectivity index (χ1n) is 9.77. The van der Waals surface area contributed by atoms with Crippen molar-refractivity contribution in [3.8, 4) is 5.69 Å². The summed E-state index contributed by atoms with van der Waals surface area (Å²) in [6, 6.07) is 7.89. The number of hydrogen-bond acceptors (Lipinski definition) is 7. The van der Waals surface area contributed by atoms with Crippen LogP contribution in [-0.2, 0) is 10.9 Å². The Morgan fingerprint density at radius 1 is 1.18 bits per heavy atom. The van der Waals surface area contributed by atoms with Crippen LogP contribution in [0.2, 0.25) is 0 Å². The van der Waals surface area contributed by atoms with Gasteiger partial charge in [-0.3, -0.25) is 25.8 Å². The Kier molecular flexibility index (Phi) is 6.84. The molecule has 0 fully saturated rings. The van der Waals surface area contributed by atoms with Gasteiger partial charge in [0.2, 0.25) is 0 Å². The van der Waals surface area contributed by atoms with E-state index in [1.165, 1.54) is 23.0 Å². The molecule has 178 valence electrons. The fraction of sp³-hybridized carbons (Fsp3) is 0.190. The summed E-state index contributed by atoms with van der Waals surface area (Å²) in [4.78, 5) is 34.5. The topological polar surface area (TPSA) is 128 Å². The fourth-order valence-electron chi connectivity index (χ4n) is 2.99. The lowest BCUT2D eigenvalue weighted by molar-refractivity contribution is -0.384. The van der Waals surface area contributed by atoms with Crippen LogP contribution in [0.5, 0.6) is 0 Å². The molecule has 34 heavy (non-hydrogen) atoms. The van der Waals surface area contributed by atoms with Gasteiger partial charge >= 0.3 is 12.1 Å². The zero-order valence-electron chi connectivity index (χ0n) is 17.8. The first-order chi connectivity index (χ1) is 16.0. The number of rotatable bonds is 7. The minimum Gasteiger partial charge on any atom is -0.462 e. The van der Waals surface area contributed by atoms with E-state index in [1.54, 1.807) is 26.0 Å². The van der Waals surface area contributed by atoms with Gasteiger partial charge in [0.05, 0.1) is 34.7 Å². The SMILES string of the molecule is CCOC(=O)c1cnn(-c2ccc(C(=O)NNc3ccc(C(F)(F)F)cc3[N+](=O)[O-])cc2)c1C. The van der Waals surface area contributed by atoms with Crippen molar-refractivity contribution >= 4 is 23.3 Å². The van der Waals surface area contributed by atoms with E-state index < -0.39 is 34.2 Å². The smallest absolute Gasteiger partial charge is 0.416 e. The van der Waals surface area contributed by atoms with Crippen molar-refractivity contribution in [2.45, 2.75) is 20.0 Å². The maximum absolute atomic E-state index is 12.8. The van der Waals surface area contributed by atoms with Crippen LogP contribution >= 0.6 is 0 Å². The average molecular weight is 477 g/mol. The number of anilines is 1. The van der Waals surface area contributed by atoms with Crippen LogP contribution in [0, 0.1) is 17.0 Å². The predicted octanol–water partition coefficient (Wildman–Crippen LogP) is 4.04. The predicted molar refractivity (Wildman–Crippen MR) is 113 cm³/mol. The first kappa shape index (κ1) is 24.2. The molecule has 0 aliphatic rings. The average Bonchev–Trinajstić information content (AvgIpc) is 3.18. The van der Waals surface area contributed by atoms with Crippen molar-refractivity contribution in [1.29, 1.82) is 0 Å². The van der Waals surface area contributed by atoms with E-state index in [-0.39, 0.29) is 17.9 Å². The summed E-state index contributed by atoms with van der Waals surface area (Å²) < 4.78 is 44.9. The summed E-state index contributed by atoms with van der Waals surface area (Å²) >= 11 is 0. The third-order valence-corrected chi connectivity index (χ3v) is 4.71. The number of esters is 1. The van der Waals surface area contributed by atoms with Crippen LogP contribution in [-0.4, -0.2) is 33.2 Å². The molecule has 2 N–H and O–H groups in total. The van der Waals surface area contributed by atoms with E-state index in [0.717, 1.165) is 6.07 Å². The van der Waals surface area contributed by atoms with Gasteiger partial charge in [-0.15, -0.1) is 0 Å². The van der Waals surface area contributed by atoms with Gasteiger partial charge in [0, 0.05) is 11.6 Å². The van der Waals surface area contributed by atoms with Gasteiger partial charge in [0.25, 0.3) is 11.6 Å². The van der Waals surface area contributed by atoms with E-state index in [4.69, 9.17) is 4.74 Å². The van der Waals surface area contributed by atoms with Gasteiger partial charge in [-0.2, -0.15) is 18.3 Å². The van der Waals surface area contributed by atoms with Crippen molar-refractivity contribution in [1.82, 2.24) is 15.2 Å². The molecule has 2 aromatic carbocycles. The van der Waals surface area contributed by atoms with Gasteiger partial charge in [0.1, 0.15) is 11.3 Å². The lowest BCUT2D eigenvalue weighted by Gasteiger charge is -2.12. The highest BCUT2D eigenvalue weighted by molar-refractivity contribution is 5.95.